The molecule has 1 N–H and O–H groups in total. The minimum Gasteiger partial charge on any atom is -0.506 e. The number of pyridine rings is 1. The van der Waals surface area contributed by atoms with Crippen molar-refractivity contribution in [3.63, 3.8) is 0 Å². The minimum atomic E-state index is 0.113. The summed E-state index contributed by atoms with van der Waals surface area (Å²) in [6, 6.07) is 11.9. The minimum absolute atomic E-state index is 0.113. The second-order valence-electron chi connectivity index (χ2n) is 9.21. The van der Waals surface area contributed by atoms with Crippen LogP contribution in [0.4, 0.5) is 5.69 Å². The first-order valence-electron chi connectivity index (χ1n) is 11.2. The number of piperidine rings is 1. The van der Waals surface area contributed by atoms with Crippen LogP contribution in [0.5, 0.6) is 5.75 Å². The summed E-state index contributed by atoms with van der Waals surface area (Å²) in [7, 11) is 4.34. The van der Waals surface area contributed by atoms with Crippen LogP contribution in [0.2, 0.25) is 5.02 Å². The van der Waals surface area contributed by atoms with Crippen LogP contribution in [0.3, 0.4) is 0 Å². The first-order chi connectivity index (χ1) is 15.0. The molecule has 0 atom stereocenters. The summed E-state index contributed by atoms with van der Waals surface area (Å²) in [5.74, 6) is 2.41. The summed E-state index contributed by atoms with van der Waals surface area (Å²) in [5, 5.41) is 11.4. The molecule has 0 unspecified atom stereocenters. The highest BCUT2D eigenvalue weighted by Crippen LogP contribution is 2.46. The van der Waals surface area contributed by atoms with E-state index in [-0.39, 0.29) is 5.75 Å². The Kier molecular flexibility index (Phi) is 5.53. The van der Waals surface area contributed by atoms with E-state index in [2.05, 4.69) is 48.3 Å². The molecule has 3 aromatic rings. The van der Waals surface area contributed by atoms with E-state index >= 15 is 0 Å². The molecule has 1 radical (unpaired) electrons. The van der Waals surface area contributed by atoms with E-state index < -0.39 is 0 Å². The second kappa shape index (κ2) is 8.33. The average Bonchev–Trinajstić information content (AvgIpc) is 3.60. The van der Waals surface area contributed by atoms with Gasteiger partial charge in [-0.25, -0.2) is 0 Å². The lowest BCUT2D eigenvalue weighted by Crippen LogP contribution is -2.37. The van der Waals surface area contributed by atoms with Crippen LogP contribution in [0.1, 0.15) is 31.2 Å². The zero-order chi connectivity index (χ0) is 21.5. The SMILES string of the molecule is CN(C)CC1CCN(c2c([C]3CC3)cnc3ccc(-c4ccc(O)c(Cl)c4)cc23)CC1. The topological polar surface area (TPSA) is 39.6 Å². The summed E-state index contributed by atoms with van der Waals surface area (Å²) < 4.78 is 0. The number of aromatic hydroxyl groups is 1. The predicted octanol–water partition coefficient (Wildman–Crippen LogP) is 5.76. The summed E-state index contributed by atoms with van der Waals surface area (Å²) >= 11 is 6.18. The molecule has 0 amide bonds. The number of phenols is 1. The number of hydrogen-bond acceptors (Lipinski definition) is 4. The van der Waals surface area contributed by atoms with Gasteiger partial charge >= 0.3 is 0 Å². The van der Waals surface area contributed by atoms with E-state index in [1.54, 1.807) is 6.07 Å². The molecule has 2 heterocycles. The van der Waals surface area contributed by atoms with Crippen LogP contribution < -0.4 is 4.90 Å². The molecule has 0 bridgehead atoms. The first-order valence-corrected chi connectivity index (χ1v) is 11.5. The predicted molar refractivity (Wildman–Crippen MR) is 129 cm³/mol. The van der Waals surface area contributed by atoms with Crippen molar-refractivity contribution in [2.24, 2.45) is 5.92 Å². The van der Waals surface area contributed by atoms with Crippen LogP contribution in [-0.4, -0.2) is 48.7 Å². The molecule has 1 saturated carbocycles. The lowest BCUT2D eigenvalue weighted by atomic mass is 9.94. The number of fused-ring (bicyclic) bond motifs is 1. The van der Waals surface area contributed by atoms with Crippen molar-refractivity contribution < 1.29 is 5.11 Å². The summed E-state index contributed by atoms with van der Waals surface area (Å²) in [5.41, 5.74) is 5.82. The van der Waals surface area contributed by atoms with E-state index in [9.17, 15) is 5.11 Å². The molecule has 2 aromatic carbocycles. The molecule has 1 aliphatic carbocycles. The van der Waals surface area contributed by atoms with Gasteiger partial charge in [0.1, 0.15) is 5.75 Å². The fourth-order valence-electron chi connectivity index (χ4n) is 4.83. The standard InChI is InChI=1S/C26H29ClN3O/c1-29(2)16-17-9-11-30(12-10-17)26-21-13-19(20-6-8-25(31)23(27)14-20)5-7-24(21)28-15-22(26)18-3-4-18/h5-8,13-15,17,31H,3-4,9-12,16H2,1-2H3. The maximum Gasteiger partial charge on any atom is 0.134 e. The van der Waals surface area contributed by atoms with Gasteiger partial charge in [0, 0.05) is 42.7 Å². The molecule has 1 aliphatic heterocycles. The summed E-state index contributed by atoms with van der Waals surface area (Å²) in [4.78, 5) is 9.69. The maximum absolute atomic E-state index is 9.80. The zero-order valence-corrected chi connectivity index (χ0v) is 19.0. The van der Waals surface area contributed by atoms with Gasteiger partial charge in [0.15, 0.2) is 0 Å². The lowest BCUT2D eigenvalue weighted by Gasteiger charge is -2.36. The third kappa shape index (κ3) is 4.24. The highest BCUT2D eigenvalue weighted by atomic mass is 35.5. The summed E-state index contributed by atoms with van der Waals surface area (Å²) in [6.45, 7) is 3.35. The van der Waals surface area contributed by atoms with E-state index in [0.717, 1.165) is 35.7 Å². The first kappa shape index (κ1) is 20.6. The second-order valence-corrected chi connectivity index (χ2v) is 9.62. The van der Waals surface area contributed by atoms with Gasteiger partial charge in [0.25, 0.3) is 0 Å². The van der Waals surface area contributed by atoms with Gasteiger partial charge in [-0.3, -0.25) is 4.98 Å². The Balaban J connectivity index is 1.55. The smallest absolute Gasteiger partial charge is 0.134 e. The fraction of sp³-hybridized carbons (Fsp3) is 0.385. The van der Waals surface area contributed by atoms with Crippen molar-refractivity contribution in [2.45, 2.75) is 25.7 Å². The van der Waals surface area contributed by atoms with Crippen LogP contribution >= 0.6 is 11.6 Å². The zero-order valence-electron chi connectivity index (χ0n) is 18.2. The van der Waals surface area contributed by atoms with Crippen LogP contribution in [0.15, 0.2) is 42.6 Å². The molecule has 1 aromatic heterocycles. The Morgan fingerprint density at radius 1 is 1.06 bits per heavy atom. The molecule has 1 saturated heterocycles. The molecule has 31 heavy (non-hydrogen) atoms. The number of phenolic OH excluding ortho intramolecular Hbond substituents is 1. The maximum atomic E-state index is 9.80. The largest absolute Gasteiger partial charge is 0.506 e. The molecule has 5 rings (SSSR count). The highest BCUT2D eigenvalue weighted by Gasteiger charge is 2.31. The Hall–Kier alpha value is -2.30. The number of rotatable bonds is 5. The monoisotopic (exact) mass is 434 g/mol. The quantitative estimate of drug-likeness (QED) is 0.554. The number of halogens is 1. The van der Waals surface area contributed by atoms with Crippen molar-refractivity contribution >= 4 is 28.2 Å². The molecule has 2 aliphatic rings. The number of nitrogens with zero attached hydrogens (tertiary/aromatic N) is 3. The number of benzene rings is 2. The van der Waals surface area contributed by atoms with Gasteiger partial charge in [-0.1, -0.05) is 23.7 Å². The van der Waals surface area contributed by atoms with Crippen molar-refractivity contribution in [1.29, 1.82) is 0 Å². The Morgan fingerprint density at radius 3 is 2.45 bits per heavy atom. The molecule has 0 spiro atoms. The third-order valence-electron chi connectivity index (χ3n) is 6.56. The molecule has 4 nitrogen and oxygen atoms in total. The van der Waals surface area contributed by atoms with Gasteiger partial charge < -0.3 is 14.9 Å². The van der Waals surface area contributed by atoms with E-state index in [1.165, 1.54) is 54.8 Å². The lowest BCUT2D eigenvalue weighted by molar-refractivity contribution is 0.285. The molecule has 2 fully saturated rings. The van der Waals surface area contributed by atoms with Crippen molar-refractivity contribution in [1.82, 2.24) is 9.88 Å². The number of aromatic nitrogens is 1. The van der Waals surface area contributed by atoms with Crippen molar-refractivity contribution in [2.75, 3.05) is 38.6 Å². The van der Waals surface area contributed by atoms with E-state index in [4.69, 9.17) is 16.6 Å². The Morgan fingerprint density at radius 2 is 1.77 bits per heavy atom. The van der Waals surface area contributed by atoms with E-state index in [1.807, 2.05) is 12.1 Å². The van der Waals surface area contributed by atoms with Crippen LogP contribution in [0.25, 0.3) is 22.0 Å². The van der Waals surface area contributed by atoms with Crippen LogP contribution in [-0.2, 0) is 0 Å². The number of hydrogen-bond donors (Lipinski definition) is 1. The van der Waals surface area contributed by atoms with Gasteiger partial charge in [-0.2, -0.15) is 0 Å². The van der Waals surface area contributed by atoms with Gasteiger partial charge in [-0.05, 0) is 81.1 Å². The van der Waals surface area contributed by atoms with E-state index in [0.29, 0.717) is 5.02 Å². The molecular formula is C26H29ClN3O. The average molecular weight is 435 g/mol. The fourth-order valence-corrected chi connectivity index (χ4v) is 5.01. The van der Waals surface area contributed by atoms with Crippen LogP contribution in [0, 0.1) is 11.8 Å². The van der Waals surface area contributed by atoms with Gasteiger partial charge in [0.05, 0.1) is 16.2 Å². The Bertz CT molecular complexity index is 1100. The van der Waals surface area contributed by atoms with Gasteiger partial charge in [0.2, 0.25) is 0 Å². The van der Waals surface area contributed by atoms with Gasteiger partial charge in [-0.15, -0.1) is 0 Å². The van der Waals surface area contributed by atoms with Crippen molar-refractivity contribution in [3.05, 3.63) is 59.1 Å². The summed E-state index contributed by atoms with van der Waals surface area (Å²) in [6.07, 6.45) is 6.91. The highest BCUT2D eigenvalue weighted by molar-refractivity contribution is 6.32. The normalized spacial score (nSPS) is 17.6. The molecule has 161 valence electrons. The van der Waals surface area contributed by atoms with Crippen molar-refractivity contribution in [3.8, 4) is 16.9 Å². The molecular weight excluding hydrogens is 406 g/mol. The number of anilines is 1. The Labute approximate surface area is 189 Å². The third-order valence-corrected chi connectivity index (χ3v) is 6.86. The molecule has 5 heteroatoms.